The fourth-order valence-corrected chi connectivity index (χ4v) is 4.31. The number of rotatable bonds is 4. The maximum absolute atomic E-state index is 12.0. The number of amides is 1. The Bertz CT molecular complexity index is 503. The zero-order valence-corrected chi connectivity index (χ0v) is 12.6. The number of hydrogen-bond donors (Lipinski definition) is 1. The van der Waals surface area contributed by atoms with Crippen LogP contribution in [0.15, 0.2) is 0 Å². The number of ether oxygens (including phenoxy) is 1. The Labute approximate surface area is 119 Å². The van der Waals surface area contributed by atoms with E-state index in [9.17, 15) is 13.2 Å². The van der Waals surface area contributed by atoms with Crippen LogP contribution in [0.3, 0.4) is 0 Å². The Morgan fingerprint density at radius 1 is 1.45 bits per heavy atom. The van der Waals surface area contributed by atoms with Gasteiger partial charge >= 0.3 is 0 Å². The molecule has 7 heteroatoms. The summed E-state index contributed by atoms with van der Waals surface area (Å²) >= 11 is 0. The lowest BCUT2D eigenvalue weighted by molar-refractivity contribution is -0.127. The van der Waals surface area contributed by atoms with Crippen LogP contribution in [0.5, 0.6) is 0 Å². The van der Waals surface area contributed by atoms with Crippen LogP contribution in [-0.2, 0) is 19.6 Å². The number of nitrogens with one attached hydrogen (secondary N) is 1. The standard InChI is InChI=1S/C13H22N2O4S/c1-20(17,18)15-5-11-6-19-9-13(11,8-15)7-14-12(16)10-3-2-4-10/h10-11H,2-9H2,1H3,(H,14,16)/t11-,13+/m1/s1. The predicted octanol–water partition coefficient (Wildman–Crippen LogP) is -0.189. The Balaban J connectivity index is 1.65. The summed E-state index contributed by atoms with van der Waals surface area (Å²) < 4.78 is 30.5. The Hall–Kier alpha value is -0.660. The summed E-state index contributed by atoms with van der Waals surface area (Å²) in [6, 6.07) is 0. The number of carbonyl (C=O) groups excluding carboxylic acids is 1. The number of sulfonamides is 1. The minimum atomic E-state index is -3.17. The number of hydrogen-bond acceptors (Lipinski definition) is 4. The minimum absolute atomic E-state index is 0.120. The molecule has 3 aliphatic rings. The molecule has 2 aliphatic heterocycles. The largest absolute Gasteiger partial charge is 0.380 e. The van der Waals surface area contributed by atoms with Gasteiger partial charge in [-0.3, -0.25) is 4.79 Å². The molecule has 0 unspecified atom stereocenters. The minimum Gasteiger partial charge on any atom is -0.380 e. The molecule has 20 heavy (non-hydrogen) atoms. The third-order valence-corrected chi connectivity index (χ3v) is 6.27. The monoisotopic (exact) mass is 302 g/mol. The van der Waals surface area contributed by atoms with Gasteiger partial charge in [-0.05, 0) is 12.8 Å². The van der Waals surface area contributed by atoms with E-state index in [4.69, 9.17) is 4.74 Å². The van der Waals surface area contributed by atoms with Crippen molar-refractivity contribution < 1.29 is 17.9 Å². The average Bonchev–Trinajstić information content (AvgIpc) is 2.79. The molecule has 2 heterocycles. The summed E-state index contributed by atoms with van der Waals surface area (Å²) in [6.45, 7) is 2.62. The first-order valence-corrected chi connectivity index (χ1v) is 9.06. The number of fused-ring (bicyclic) bond motifs is 1. The van der Waals surface area contributed by atoms with Crippen molar-refractivity contribution in [2.45, 2.75) is 19.3 Å². The third-order valence-electron chi connectivity index (χ3n) is 5.05. The van der Waals surface area contributed by atoms with Gasteiger partial charge in [-0.1, -0.05) is 6.42 Å². The van der Waals surface area contributed by atoms with Crippen LogP contribution in [0.25, 0.3) is 0 Å². The lowest BCUT2D eigenvalue weighted by Gasteiger charge is -2.30. The van der Waals surface area contributed by atoms with Gasteiger partial charge in [0.1, 0.15) is 0 Å². The molecule has 1 aliphatic carbocycles. The van der Waals surface area contributed by atoms with E-state index in [0.29, 0.717) is 32.8 Å². The molecule has 0 radical (unpaired) electrons. The van der Waals surface area contributed by atoms with Crippen molar-refractivity contribution in [2.24, 2.45) is 17.3 Å². The highest BCUT2D eigenvalue weighted by molar-refractivity contribution is 7.88. The second-order valence-corrected chi connectivity index (χ2v) is 8.46. The SMILES string of the molecule is CS(=O)(=O)N1C[C@@H]2COC[C@]2(CNC(=O)C2CCC2)C1. The van der Waals surface area contributed by atoms with Gasteiger partial charge in [0.2, 0.25) is 15.9 Å². The van der Waals surface area contributed by atoms with E-state index in [0.717, 1.165) is 19.3 Å². The van der Waals surface area contributed by atoms with Crippen LogP contribution in [0.2, 0.25) is 0 Å². The maximum Gasteiger partial charge on any atom is 0.223 e. The highest BCUT2D eigenvalue weighted by Crippen LogP contribution is 2.41. The van der Waals surface area contributed by atoms with E-state index in [1.165, 1.54) is 10.6 Å². The summed E-state index contributed by atoms with van der Waals surface area (Å²) in [5.41, 5.74) is -0.234. The van der Waals surface area contributed by atoms with Crippen LogP contribution in [-0.4, -0.2) is 57.7 Å². The van der Waals surface area contributed by atoms with E-state index in [-0.39, 0.29) is 23.2 Å². The lowest BCUT2D eigenvalue weighted by atomic mass is 9.80. The Kier molecular flexibility index (Phi) is 3.54. The van der Waals surface area contributed by atoms with Crippen molar-refractivity contribution >= 4 is 15.9 Å². The molecule has 1 saturated carbocycles. The van der Waals surface area contributed by atoms with Crippen LogP contribution in [0.4, 0.5) is 0 Å². The topological polar surface area (TPSA) is 75.7 Å². The van der Waals surface area contributed by atoms with Gasteiger partial charge in [-0.2, -0.15) is 0 Å². The second-order valence-electron chi connectivity index (χ2n) is 6.48. The van der Waals surface area contributed by atoms with Gasteiger partial charge in [0.15, 0.2) is 0 Å². The molecular formula is C13H22N2O4S. The smallest absolute Gasteiger partial charge is 0.223 e. The van der Waals surface area contributed by atoms with Crippen molar-refractivity contribution in [2.75, 3.05) is 39.1 Å². The van der Waals surface area contributed by atoms with Crippen LogP contribution < -0.4 is 5.32 Å². The van der Waals surface area contributed by atoms with Crippen LogP contribution >= 0.6 is 0 Å². The Morgan fingerprint density at radius 3 is 2.80 bits per heavy atom. The van der Waals surface area contributed by atoms with Gasteiger partial charge in [0.05, 0.1) is 19.5 Å². The number of nitrogens with zero attached hydrogens (tertiary/aromatic N) is 1. The lowest BCUT2D eigenvalue weighted by Crippen LogP contribution is -2.46. The summed E-state index contributed by atoms with van der Waals surface area (Å²) in [5.74, 6) is 0.479. The van der Waals surface area contributed by atoms with E-state index in [2.05, 4.69) is 5.32 Å². The first-order valence-electron chi connectivity index (χ1n) is 7.21. The van der Waals surface area contributed by atoms with Crippen molar-refractivity contribution in [3.63, 3.8) is 0 Å². The second kappa shape index (κ2) is 4.96. The van der Waals surface area contributed by atoms with Crippen molar-refractivity contribution in [3.8, 4) is 0 Å². The van der Waals surface area contributed by atoms with Crippen LogP contribution in [0.1, 0.15) is 19.3 Å². The molecule has 114 valence electrons. The number of carbonyl (C=O) groups is 1. The average molecular weight is 302 g/mol. The van der Waals surface area contributed by atoms with Gasteiger partial charge in [-0.25, -0.2) is 12.7 Å². The van der Waals surface area contributed by atoms with Crippen molar-refractivity contribution in [1.29, 1.82) is 0 Å². The highest BCUT2D eigenvalue weighted by atomic mass is 32.2. The Morgan fingerprint density at radius 2 is 2.20 bits per heavy atom. The molecular weight excluding hydrogens is 280 g/mol. The fraction of sp³-hybridized carbons (Fsp3) is 0.923. The van der Waals surface area contributed by atoms with E-state index in [1.807, 2.05) is 0 Å². The van der Waals surface area contributed by atoms with Crippen LogP contribution in [0, 0.1) is 17.3 Å². The van der Waals surface area contributed by atoms with E-state index < -0.39 is 10.0 Å². The zero-order chi connectivity index (χ0) is 14.4. The van der Waals surface area contributed by atoms with Crippen molar-refractivity contribution in [1.82, 2.24) is 9.62 Å². The molecule has 0 aromatic carbocycles. The van der Waals surface area contributed by atoms with E-state index in [1.54, 1.807) is 0 Å². The molecule has 2 saturated heterocycles. The molecule has 3 rings (SSSR count). The summed E-state index contributed by atoms with van der Waals surface area (Å²) in [6.07, 6.45) is 4.34. The first-order chi connectivity index (χ1) is 9.41. The zero-order valence-electron chi connectivity index (χ0n) is 11.8. The summed E-state index contributed by atoms with van der Waals surface area (Å²) in [7, 11) is -3.17. The summed E-state index contributed by atoms with van der Waals surface area (Å²) in [5, 5.41) is 3.02. The molecule has 1 N–H and O–H groups in total. The fourth-order valence-electron chi connectivity index (χ4n) is 3.36. The maximum atomic E-state index is 12.0. The molecule has 0 aromatic rings. The molecule has 2 atom stereocenters. The predicted molar refractivity (Wildman–Crippen MR) is 73.5 cm³/mol. The molecule has 3 fully saturated rings. The van der Waals surface area contributed by atoms with Gasteiger partial charge in [0, 0.05) is 36.9 Å². The quantitative estimate of drug-likeness (QED) is 0.781. The molecule has 0 spiro atoms. The molecule has 0 aromatic heterocycles. The normalized spacial score (nSPS) is 34.8. The highest BCUT2D eigenvalue weighted by Gasteiger charge is 2.52. The molecule has 6 nitrogen and oxygen atoms in total. The van der Waals surface area contributed by atoms with E-state index >= 15 is 0 Å². The molecule has 0 bridgehead atoms. The van der Waals surface area contributed by atoms with Gasteiger partial charge in [-0.15, -0.1) is 0 Å². The third kappa shape index (κ3) is 2.46. The van der Waals surface area contributed by atoms with Gasteiger partial charge in [0.25, 0.3) is 0 Å². The van der Waals surface area contributed by atoms with Gasteiger partial charge < -0.3 is 10.1 Å². The first kappa shape index (κ1) is 14.3. The van der Waals surface area contributed by atoms with Crippen molar-refractivity contribution in [3.05, 3.63) is 0 Å². The summed E-state index contributed by atoms with van der Waals surface area (Å²) in [4.78, 5) is 12.0. The molecule has 1 amide bonds.